The van der Waals surface area contributed by atoms with Gasteiger partial charge in [0.05, 0.1) is 19.7 Å². The number of nitrogens with zero attached hydrogens (tertiary/aromatic N) is 2. The van der Waals surface area contributed by atoms with Crippen LogP contribution in [0.15, 0.2) is 40.8 Å². The summed E-state index contributed by atoms with van der Waals surface area (Å²) < 4.78 is 5.53. The minimum absolute atomic E-state index is 0. The van der Waals surface area contributed by atoms with Gasteiger partial charge in [0.1, 0.15) is 0 Å². The van der Waals surface area contributed by atoms with E-state index in [-0.39, 0.29) is 24.0 Å². The number of pyridine rings is 1. The normalized spacial score (nSPS) is 10.8. The molecule has 2 aromatic rings. The number of nitrogens with one attached hydrogen (secondary N) is 2. The van der Waals surface area contributed by atoms with E-state index in [0.29, 0.717) is 19.0 Å². The number of halogens is 1. The summed E-state index contributed by atoms with van der Waals surface area (Å²) in [5.74, 6) is 1.45. The van der Waals surface area contributed by atoms with Crippen LogP contribution in [0, 0.1) is 0 Å². The molecule has 0 radical (unpaired) electrons. The van der Waals surface area contributed by atoms with Crippen LogP contribution < -0.4 is 15.4 Å². The van der Waals surface area contributed by atoms with Crippen LogP contribution in [0.3, 0.4) is 0 Å². The Morgan fingerprint density at radius 2 is 2.13 bits per heavy atom. The number of aliphatic imine (C=N–C) groups is 1. The summed E-state index contributed by atoms with van der Waals surface area (Å²) in [6.45, 7) is 6.73. The average Bonchev–Trinajstić information content (AvgIpc) is 3.05. The maximum atomic E-state index is 5.53. The van der Waals surface area contributed by atoms with Crippen molar-refractivity contribution in [1.29, 1.82) is 0 Å². The minimum Gasteiger partial charge on any atom is -0.478 e. The first-order valence-corrected chi connectivity index (χ1v) is 8.32. The largest absolute Gasteiger partial charge is 0.478 e. The summed E-state index contributed by atoms with van der Waals surface area (Å²) in [5.41, 5.74) is 0.984. The Kier molecular flexibility index (Phi) is 9.61. The molecular formula is C16H23IN4OS. The Morgan fingerprint density at radius 1 is 1.26 bits per heavy atom. The van der Waals surface area contributed by atoms with Crippen molar-refractivity contribution in [3.8, 4) is 5.88 Å². The van der Waals surface area contributed by atoms with Gasteiger partial charge in [-0.15, -0.1) is 35.3 Å². The van der Waals surface area contributed by atoms with E-state index < -0.39 is 0 Å². The van der Waals surface area contributed by atoms with Crippen molar-refractivity contribution in [2.75, 3.05) is 13.2 Å². The van der Waals surface area contributed by atoms with E-state index in [2.05, 4.69) is 45.0 Å². The second-order valence-corrected chi connectivity index (χ2v) is 5.56. The first-order valence-electron chi connectivity index (χ1n) is 7.44. The highest BCUT2D eigenvalue weighted by Gasteiger charge is 2.04. The summed E-state index contributed by atoms with van der Waals surface area (Å²) in [6.07, 6.45) is 1.73. The van der Waals surface area contributed by atoms with Crippen LogP contribution in [0.4, 0.5) is 0 Å². The van der Waals surface area contributed by atoms with Gasteiger partial charge in [-0.2, -0.15) is 0 Å². The van der Waals surface area contributed by atoms with E-state index in [1.165, 1.54) is 4.88 Å². The van der Waals surface area contributed by atoms with Crippen LogP contribution in [0.1, 0.15) is 24.3 Å². The van der Waals surface area contributed by atoms with Crippen molar-refractivity contribution in [3.05, 3.63) is 46.3 Å². The molecule has 2 heterocycles. The number of rotatable bonds is 7. The number of thiophene rings is 1. The molecule has 2 aromatic heterocycles. The maximum absolute atomic E-state index is 5.53. The van der Waals surface area contributed by atoms with Crippen LogP contribution in [0.25, 0.3) is 0 Å². The van der Waals surface area contributed by atoms with Crippen LogP contribution in [0.5, 0.6) is 5.88 Å². The topological polar surface area (TPSA) is 58.5 Å². The average molecular weight is 446 g/mol. The van der Waals surface area contributed by atoms with Gasteiger partial charge in [-0.3, -0.25) is 0 Å². The van der Waals surface area contributed by atoms with E-state index >= 15 is 0 Å². The van der Waals surface area contributed by atoms with Gasteiger partial charge in [0, 0.05) is 23.2 Å². The SMILES string of the molecule is CCNC(=NCc1cccnc1OCC)NCc1cccs1.I. The highest BCUT2D eigenvalue weighted by molar-refractivity contribution is 14.0. The van der Waals surface area contributed by atoms with E-state index in [0.717, 1.165) is 24.6 Å². The summed E-state index contributed by atoms with van der Waals surface area (Å²) in [5, 5.41) is 8.66. The molecule has 0 spiro atoms. The molecule has 126 valence electrons. The predicted octanol–water partition coefficient (Wildman–Crippen LogP) is 3.42. The van der Waals surface area contributed by atoms with Crippen molar-refractivity contribution in [2.24, 2.45) is 4.99 Å². The molecule has 0 aliphatic carbocycles. The van der Waals surface area contributed by atoms with Crippen LogP contribution >= 0.6 is 35.3 Å². The lowest BCUT2D eigenvalue weighted by Gasteiger charge is -2.11. The molecule has 2 rings (SSSR count). The second kappa shape index (κ2) is 11.2. The van der Waals surface area contributed by atoms with Gasteiger partial charge in [0.15, 0.2) is 5.96 Å². The molecule has 2 N–H and O–H groups in total. The quantitative estimate of drug-likeness (QED) is 0.389. The number of ether oxygens (including phenoxy) is 1. The number of hydrogen-bond acceptors (Lipinski definition) is 4. The summed E-state index contributed by atoms with van der Waals surface area (Å²) in [6, 6.07) is 8.05. The zero-order valence-electron chi connectivity index (χ0n) is 13.4. The molecule has 0 aliphatic heterocycles. The van der Waals surface area contributed by atoms with Gasteiger partial charge >= 0.3 is 0 Å². The van der Waals surface area contributed by atoms with Crippen LogP contribution in [-0.4, -0.2) is 24.1 Å². The van der Waals surface area contributed by atoms with E-state index in [1.54, 1.807) is 17.5 Å². The van der Waals surface area contributed by atoms with Gasteiger partial charge in [-0.1, -0.05) is 12.1 Å². The van der Waals surface area contributed by atoms with E-state index in [1.807, 2.05) is 19.1 Å². The van der Waals surface area contributed by atoms with E-state index in [4.69, 9.17) is 4.74 Å². The lowest BCUT2D eigenvalue weighted by Crippen LogP contribution is -2.36. The fourth-order valence-corrected chi connectivity index (χ4v) is 2.55. The second-order valence-electron chi connectivity index (χ2n) is 4.53. The van der Waals surface area contributed by atoms with Gasteiger partial charge < -0.3 is 15.4 Å². The molecule has 0 unspecified atom stereocenters. The van der Waals surface area contributed by atoms with Gasteiger partial charge in [0.2, 0.25) is 5.88 Å². The summed E-state index contributed by atoms with van der Waals surface area (Å²) >= 11 is 1.73. The van der Waals surface area contributed by atoms with Crippen molar-refractivity contribution >= 4 is 41.3 Å². The van der Waals surface area contributed by atoms with Crippen molar-refractivity contribution in [2.45, 2.75) is 26.9 Å². The smallest absolute Gasteiger partial charge is 0.218 e. The molecule has 0 amide bonds. The number of aromatic nitrogens is 1. The molecule has 0 fully saturated rings. The first kappa shape index (κ1) is 19.7. The molecule has 23 heavy (non-hydrogen) atoms. The van der Waals surface area contributed by atoms with Crippen molar-refractivity contribution < 1.29 is 4.74 Å². The van der Waals surface area contributed by atoms with E-state index in [9.17, 15) is 0 Å². The zero-order valence-corrected chi connectivity index (χ0v) is 16.6. The van der Waals surface area contributed by atoms with Crippen LogP contribution in [-0.2, 0) is 13.1 Å². The third kappa shape index (κ3) is 6.74. The number of guanidine groups is 1. The molecule has 7 heteroatoms. The molecule has 0 atom stereocenters. The number of hydrogen-bond donors (Lipinski definition) is 2. The third-order valence-corrected chi connectivity index (χ3v) is 3.77. The van der Waals surface area contributed by atoms with Crippen molar-refractivity contribution in [3.63, 3.8) is 0 Å². The zero-order chi connectivity index (χ0) is 15.6. The highest BCUT2D eigenvalue weighted by Crippen LogP contribution is 2.15. The first-order chi connectivity index (χ1) is 10.8. The van der Waals surface area contributed by atoms with Gasteiger partial charge in [-0.25, -0.2) is 9.98 Å². The Balaban J connectivity index is 0.00000264. The maximum Gasteiger partial charge on any atom is 0.218 e. The minimum atomic E-state index is 0. The van der Waals surface area contributed by atoms with Gasteiger partial charge in [0.25, 0.3) is 0 Å². The molecule has 0 saturated carbocycles. The standard InChI is InChI=1S/C16H22N4OS.HI/c1-3-17-16(20-12-14-8-6-10-22-14)19-11-13-7-5-9-18-15(13)21-4-2;/h5-10H,3-4,11-12H2,1-2H3,(H2,17,19,20);1H. The third-order valence-electron chi connectivity index (χ3n) is 2.89. The Labute approximate surface area is 158 Å². The Bertz CT molecular complexity index is 590. The van der Waals surface area contributed by atoms with Gasteiger partial charge in [-0.05, 0) is 31.4 Å². The lowest BCUT2D eigenvalue weighted by molar-refractivity contribution is 0.323. The van der Waals surface area contributed by atoms with Crippen molar-refractivity contribution in [1.82, 2.24) is 15.6 Å². The molecule has 0 aliphatic rings. The summed E-state index contributed by atoms with van der Waals surface area (Å²) in [7, 11) is 0. The summed E-state index contributed by atoms with van der Waals surface area (Å²) in [4.78, 5) is 10.1. The Hall–Kier alpha value is -1.35. The monoisotopic (exact) mass is 446 g/mol. The highest BCUT2D eigenvalue weighted by atomic mass is 127. The Morgan fingerprint density at radius 3 is 2.83 bits per heavy atom. The predicted molar refractivity (Wildman–Crippen MR) is 107 cm³/mol. The molecule has 0 aromatic carbocycles. The lowest BCUT2D eigenvalue weighted by atomic mass is 10.3. The molecule has 5 nitrogen and oxygen atoms in total. The van der Waals surface area contributed by atoms with Crippen LogP contribution in [0.2, 0.25) is 0 Å². The molecule has 0 saturated heterocycles. The fraction of sp³-hybridized carbons (Fsp3) is 0.375. The fourth-order valence-electron chi connectivity index (χ4n) is 1.90. The molecular weight excluding hydrogens is 423 g/mol. The molecule has 0 bridgehead atoms.